The lowest BCUT2D eigenvalue weighted by Crippen LogP contribution is -2.40. The molecular formula is C12H19Cl2N3O. The number of rotatable bonds is 3. The smallest absolute Gasteiger partial charge is 0.237 e. The average Bonchev–Trinajstić information content (AvgIpc) is 2.81. The molecule has 6 heteroatoms. The van der Waals surface area contributed by atoms with E-state index in [0.717, 1.165) is 30.6 Å². The van der Waals surface area contributed by atoms with Crippen molar-refractivity contribution in [2.45, 2.75) is 32.4 Å². The van der Waals surface area contributed by atoms with Gasteiger partial charge in [0.15, 0.2) is 0 Å². The first-order valence-electron chi connectivity index (χ1n) is 5.68. The molecule has 1 saturated heterocycles. The van der Waals surface area contributed by atoms with Crippen molar-refractivity contribution in [3.05, 3.63) is 29.6 Å². The standard InChI is InChI=1S/C12H17N3O.2ClH/c1-9-4-5-10(7-14-9)8-15-12(16)11-3-2-6-13-11;;/h4-5,7,11,13H,2-3,6,8H2,1H3,(H,15,16);2*1H/t11-;;/m0../s1. The first-order valence-corrected chi connectivity index (χ1v) is 5.68. The van der Waals surface area contributed by atoms with Crippen LogP contribution in [0.1, 0.15) is 24.1 Å². The molecule has 2 heterocycles. The molecule has 1 amide bonds. The van der Waals surface area contributed by atoms with Crippen molar-refractivity contribution in [2.24, 2.45) is 0 Å². The van der Waals surface area contributed by atoms with Gasteiger partial charge >= 0.3 is 0 Å². The van der Waals surface area contributed by atoms with Crippen molar-refractivity contribution >= 4 is 30.7 Å². The lowest BCUT2D eigenvalue weighted by molar-refractivity contribution is -0.122. The summed E-state index contributed by atoms with van der Waals surface area (Å²) in [5, 5.41) is 6.09. The molecule has 1 atom stereocenters. The van der Waals surface area contributed by atoms with Crippen LogP contribution in [0, 0.1) is 6.92 Å². The maximum atomic E-state index is 11.7. The lowest BCUT2D eigenvalue weighted by atomic mass is 10.2. The fourth-order valence-electron chi connectivity index (χ4n) is 1.82. The number of aromatic nitrogens is 1. The zero-order valence-electron chi connectivity index (χ0n) is 10.3. The van der Waals surface area contributed by atoms with Gasteiger partial charge in [0.05, 0.1) is 6.04 Å². The summed E-state index contributed by atoms with van der Waals surface area (Å²) in [6, 6.07) is 3.94. The van der Waals surface area contributed by atoms with Gasteiger partial charge in [-0.1, -0.05) is 6.07 Å². The van der Waals surface area contributed by atoms with Gasteiger partial charge in [0.2, 0.25) is 5.91 Å². The number of hydrogen-bond donors (Lipinski definition) is 2. The number of pyridine rings is 1. The zero-order chi connectivity index (χ0) is 11.4. The first-order chi connectivity index (χ1) is 7.75. The number of halogens is 2. The molecule has 0 aromatic carbocycles. The molecule has 102 valence electrons. The number of carbonyl (C=O) groups excluding carboxylic acids is 1. The second kappa shape index (κ2) is 8.29. The highest BCUT2D eigenvalue weighted by Crippen LogP contribution is 2.05. The van der Waals surface area contributed by atoms with Crippen molar-refractivity contribution in [1.82, 2.24) is 15.6 Å². The summed E-state index contributed by atoms with van der Waals surface area (Å²) in [4.78, 5) is 15.9. The molecular weight excluding hydrogens is 273 g/mol. The van der Waals surface area contributed by atoms with Crippen molar-refractivity contribution in [2.75, 3.05) is 6.54 Å². The van der Waals surface area contributed by atoms with E-state index in [-0.39, 0.29) is 36.8 Å². The van der Waals surface area contributed by atoms with E-state index < -0.39 is 0 Å². The molecule has 0 aliphatic carbocycles. The van der Waals surface area contributed by atoms with E-state index in [9.17, 15) is 4.79 Å². The van der Waals surface area contributed by atoms with Gasteiger partial charge in [-0.3, -0.25) is 9.78 Å². The van der Waals surface area contributed by atoms with Crippen LogP contribution in [0.15, 0.2) is 18.3 Å². The van der Waals surface area contributed by atoms with Crippen molar-refractivity contribution < 1.29 is 4.79 Å². The van der Waals surface area contributed by atoms with Crippen LogP contribution in [0.3, 0.4) is 0 Å². The molecule has 1 aromatic heterocycles. The number of nitrogens with one attached hydrogen (secondary N) is 2. The Balaban J connectivity index is 0.00000144. The third-order valence-electron chi connectivity index (χ3n) is 2.82. The molecule has 0 saturated carbocycles. The summed E-state index contributed by atoms with van der Waals surface area (Å²) in [6.45, 7) is 3.46. The fraction of sp³-hybridized carbons (Fsp3) is 0.500. The molecule has 0 radical (unpaired) electrons. The van der Waals surface area contributed by atoms with Gasteiger partial charge < -0.3 is 10.6 Å². The van der Waals surface area contributed by atoms with Crippen LogP contribution in [0.2, 0.25) is 0 Å². The van der Waals surface area contributed by atoms with Gasteiger partial charge in [-0.05, 0) is 37.9 Å². The van der Waals surface area contributed by atoms with E-state index >= 15 is 0 Å². The molecule has 2 rings (SSSR count). The topological polar surface area (TPSA) is 54.0 Å². The summed E-state index contributed by atoms with van der Waals surface area (Å²) in [5.74, 6) is 0.0954. The Morgan fingerprint density at radius 1 is 1.50 bits per heavy atom. The summed E-state index contributed by atoms with van der Waals surface area (Å²) >= 11 is 0. The summed E-state index contributed by atoms with van der Waals surface area (Å²) in [5.41, 5.74) is 2.03. The molecule has 4 nitrogen and oxygen atoms in total. The normalized spacial score (nSPS) is 17.5. The van der Waals surface area contributed by atoms with Gasteiger partial charge in [-0.25, -0.2) is 0 Å². The zero-order valence-corrected chi connectivity index (χ0v) is 11.9. The Kier molecular flexibility index (Phi) is 7.91. The highest BCUT2D eigenvalue weighted by Gasteiger charge is 2.21. The molecule has 2 N–H and O–H groups in total. The number of amides is 1. The molecule has 0 bridgehead atoms. The quantitative estimate of drug-likeness (QED) is 0.890. The van der Waals surface area contributed by atoms with Crippen LogP contribution < -0.4 is 10.6 Å². The Morgan fingerprint density at radius 2 is 2.28 bits per heavy atom. The van der Waals surface area contributed by atoms with Gasteiger partial charge in [0, 0.05) is 18.4 Å². The molecule has 18 heavy (non-hydrogen) atoms. The van der Waals surface area contributed by atoms with E-state index in [1.165, 1.54) is 0 Å². The number of nitrogens with zero attached hydrogens (tertiary/aromatic N) is 1. The summed E-state index contributed by atoms with van der Waals surface area (Å²) in [7, 11) is 0. The fourth-order valence-corrected chi connectivity index (χ4v) is 1.82. The second-order valence-corrected chi connectivity index (χ2v) is 4.17. The highest BCUT2D eigenvalue weighted by atomic mass is 35.5. The van der Waals surface area contributed by atoms with Crippen molar-refractivity contribution in [3.63, 3.8) is 0 Å². The van der Waals surface area contributed by atoms with E-state index in [1.807, 2.05) is 19.1 Å². The molecule has 1 aromatic rings. The third kappa shape index (κ3) is 4.80. The van der Waals surface area contributed by atoms with E-state index in [1.54, 1.807) is 6.20 Å². The average molecular weight is 292 g/mol. The predicted octanol–water partition coefficient (Wildman–Crippen LogP) is 1.60. The van der Waals surface area contributed by atoms with Crippen LogP contribution in [0.5, 0.6) is 0 Å². The monoisotopic (exact) mass is 291 g/mol. The largest absolute Gasteiger partial charge is 0.351 e. The second-order valence-electron chi connectivity index (χ2n) is 4.17. The molecule has 1 aliphatic heterocycles. The predicted molar refractivity (Wildman–Crippen MR) is 76.3 cm³/mol. The Bertz CT molecular complexity index is 364. The van der Waals surface area contributed by atoms with E-state index in [4.69, 9.17) is 0 Å². The summed E-state index contributed by atoms with van der Waals surface area (Å²) in [6.07, 6.45) is 3.83. The first kappa shape index (κ1) is 17.2. The molecule has 0 spiro atoms. The minimum absolute atomic E-state index is 0. The van der Waals surface area contributed by atoms with Crippen LogP contribution >= 0.6 is 24.8 Å². The Labute approximate surface area is 120 Å². The van der Waals surface area contributed by atoms with Crippen LogP contribution in [-0.4, -0.2) is 23.5 Å². The number of carbonyl (C=O) groups is 1. The minimum Gasteiger partial charge on any atom is -0.351 e. The van der Waals surface area contributed by atoms with Gasteiger partial charge in [-0.2, -0.15) is 0 Å². The van der Waals surface area contributed by atoms with Crippen LogP contribution in [-0.2, 0) is 11.3 Å². The Morgan fingerprint density at radius 3 is 2.83 bits per heavy atom. The Hall–Kier alpha value is -0.840. The van der Waals surface area contributed by atoms with Gasteiger partial charge in [0.1, 0.15) is 0 Å². The maximum absolute atomic E-state index is 11.7. The molecule has 0 unspecified atom stereocenters. The SMILES string of the molecule is Cc1ccc(CNC(=O)[C@@H]2CCCN2)cn1.Cl.Cl. The van der Waals surface area contributed by atoms with Crippen LogP contribution in [0.25, 0.3) is 0 Å². The number of aryl methyl sites for hydroxylation is 1. The molecule has 1 fully saturated rings. The lowest BCUT2D eigenvalue weighted by Gasteiger charge is -2.10. The molecule has 1 aliphatic rings. The van der Waals surface area contributed by atoms with Gasteiger partial charge in [-0.15, -0.1) is 24.8 Å². The van der Waals surface area contributed by atoms with E-state index in [2.05, 4.69) is 15.6 Å². The summed E-state index contributed by atoms with van der Waals surface area (Å²) < 4.78 is 0. The van der Waals surface area contributed by atoms with E-state index in [0.29, 0.717) is 6.54 Å². The maximum Gasteiger partial charge on any atom is 0.237 e. The third-order valence-corrected chi connectivity index (χ3v) is 2.82. The minimum atomic E-state index is -0.00147. The van der Waals surface area contributed by atoms with Crippen molar-refractivity contribution in [3.8, 4) is 0 Å². The van der Waals surface area contributed by atoms with Gasteiger partial charge in [0.25, 0.3) is 0 Å². The highest BCUT2D eigenvalue weighted by molar-refractivity contribution is 5.85. The number of hydrogen-bond acceptors (Lipinski definition) is 3. The van der Waals surface area contributed by atoms with Crippen molar-refractivity contribution in [1.29, 1.82) is 0 Å². The van der Waals surface area contributed by atoms with Crippen LogP contribution in [0.4, 0.5) is 0 Å².